The first kappa shape index (κ1) is 11.3. The number of aryl methyl sites for hydroxylation is 1. The minimum absolute atomic E-state index is 0.324. The Morgan fingerprint density at radius 3 is 2.81 bits per heavy atom. The molecular formula is C12H15F2NO. The lowest BCUT2D eigenvalue weighted by Gasteiger charge is -2.35. The molecule has 0 radical (unpaired) electrons. The van der Waals surface area contributed by atoms with Crippen LogP contribution in [0.5, 0.6) is 5.75 Å². The van der Waals surface area contributed by atoms with Gasteiger partial charge >= 0.3 is 0 Å². The molecule has 0 aromatic heterocycles. The van der Waals surface area contributed by atoms with Crippen molar-refractivity contribution in [1.82, 2.24) is 0 Å². The van der Waals surface area contributed by atoms with Crippen LogP contribution in [0.1, 0.15) is 24.0 Å². The van der Waals surface area contributed by atoms with E-state index in [4.69, 9.17) is 10.5 Å². The molecule has 0 aliphatic heterocycles. The maximum absolute atomic E-state index is 13.1. The number of halogens is 2. The molecule has 2 N–H and O–H groups in total. The molecule has 0 fully saturated rings. The Morgan fingerprint density at radius 2 is 2.19 bits per heavy atom. The van der Waals surface area contributed by atoms with Crippen molar-refractivity contribution < 1.29 is 13.5 Å². The van der Waals surface area contributed by atoms with Crippen LogP contribution in [-0.2, 0) is 12.0 Å². The number of nitrogens with two attached hydrogens (primary N) is 1. The standard InChI is InChI=1S/C12H15F2NO/c1-16-9-5-4-8-3-2-6-12(15,11(13)14)10(8)7-9/h4-5,7,11H,2-3,6,15H2,1H3. The Bertz CT molecular complexity index is 395. The summed E-state index contributed by atoms with van der Waals surface area (Å²) in [6.45, 7) is 0. The third kappa shape index (κ3) is 1.67. The van der Waals surface area contributed by atoms with Crippen LogP contribution in [0.4, 0.5) is 8.78 Å². The number of fused-ring (bicyclic) bond motifs is 1. The van der Waals surface area contributed by atoms with Crippen LogP contribution >= 0.6 is 0 Å². The molecule has 2 rings (SSSR count). The summed E-state index contributed by atoms with van der Waals surface area (Å²) in [6.07, 6.45) is -0.700. The third-order valence-electron chi connectivity index (χ3n) is 3.24. The minimum atomic E-state index is -2.54. The van der Waals surface area contributed by atoms with Crippen LogP contribution in [0.15, 0.2) is 18.2 Å². The van der Waals surface area contributed by atoms with E-state index in [1.54, 1.807) is 12.1 Å². The molecule has 1 aliphatic rings. The zero-order valence-corrected chi connectivity index (χ0v) is 9.17. The first-order valence-corrected chi connectivity index (χ1v) is 5.32. The smallest absolute Gasteiger partial charge is 0.260 e. The summed E-state index contributed by atoms with van der Waals surface area (Å²) in [5.74, 6) is 0.580. The van der Waals surface area contributed by atoms with E-state index >= 15 is 0 Å². The molecule has 0 heterocycles. The number of methoxy groups -OCH3 is 1. The van der Waals surface area contributed by atoms with Gasteiger partial charge in [0, 0.05) is 0 Å². The molecule has 1 aliphatic carbocycles. The zero-order chi connectivity index (χ0) is 11.8. The Kier molecular flexibility index (Phi) is 2.84. The fourth-order valence-corrected chi connectivity index (χ4v) is 2.27. The van der Waals surface area contributed by atoms with Gasteiger partial charge in [-0.25, -0.2) is 8.78 Å². The molecule has 0 bridgehead atoms. The number of benzene rings is 1. The molecule has 88 valence electrons. The maximum atomic E-state index is 13.1. The van der Waals surface area contributed by atoms with Crippen LogP contribution < -0.4 is 10.5 Å². The van der Waals surface area contributed by atoms with E-state index in [-0.39, 0.29) is 0 Å². The van der Waals surface area contributed by atoms with Crippen molar-refractivity contribution in [3.63, 3.8) is 0 Å². The molecule has 0 spiro atoms. The van der Waals surface area contributed by atoms with Crippen molar-refractivity contribution in [3.8, 4) is 5.75 Å². The summed E-state index contributed by atoms with van der Waals surface area (Å²) in [4.78, 5) is 0. The van der Waals surface area contributed by atoms with Crippen LogP contribution in [0.3, 0.4) is 0 Å². The SMILES string of the molecule is COc1ccc2c(c1)C(N)(C(F)F)CCC2. The number of hydrogen-bond acceptors (Lipinski definition) is 2. The van der Waals surface area contributed by atoms with Crippen molar-refractivity contribution in [2.24, 2.45) is 5.73 Å². The Balaban J connectivity index is 2.51. The van der Waals surface area contributed by atoms with E-state index in [1.165, 1.54) is 7.11 Å². The van der Waals surface area contributed by atoms with E-state index in [1.807, 2.05) is 6.07 Å². The Morgan fingerprint density at radius 1 is 1.44 bits per heavy atom. The first-order chi connectivity index (χ1) is 7.58. The van der Waals surface area contributed by atoms with Gasteiger partial charge in [0.2, 0.25) is 0 Å². The molecule has 0 saturated carbocycles. The first-order valence-electron chi connectivity index (χ1n) is 5.32. The van der Waals surface area contributed by atoms with Gasteiger partial charge in [-0.15, -0.1) is 0 Å². The van der Waals surface area contributed by atoms with Crippen LogP contribution in [0, 0.1) is 0 Å². The van der Waals surface area contributed by atoms with Gasteiger partial charge in [0.05, 0.1) is 7.11 Å². The van der Waals surface area contributed by atoms with Gasteiger partial charge in [-0.1, -0.05) is 6.07 Å². The summed E-state index contributed by atoms with van der Waals surface area (Å²) in [5, 5.41) is 0. The van der Waals surface area contributed by atoms with Crippen molar-refractivity contribution in [1.29, 1.82) is 0 Å². The molecule has 0 amide bonds. The van der Waals surface area contributed by atoms with Gasteiger partial charge in [-0.3, -0.25) is 0 Å². The van der Waals surface area contributed by atoms with E-state index in [0.29, 0.717) is 24.2 Å². The van der Waals surface area contributed by atoms with Crippen molar-refractivity contribution in [3.05, 3.63) is 29.3 Å². The van der Waals surface area contributed by atoms with E-state index in [9.17, 15) is 8.78 Å². The Labute approximate surface area is 93.4 Å². The van der Waals surface area contributed by atoms with Gasteiger partial charge in [-0.05, 0) is 42.5 Å². The quantitative estimate of drug-likeness (QED) is 0.842. The summed E-state index contributed by atoms with van der Waals surface area (Å²) in [6, 6.07) is 5.26. The van der Waals surface area contributed by atoms with E-state index < -0.39 is 12.0 Å². The molecule has 1 atom stereocenters. The number of rotatable bonds is 2. The van der Waals surface area contributed by atoms with E-state index in [0.717, 1.165) is 12.0 Å². The molecule has 16 heavy (non-hydrogen) atoms. The average molecular weight is 227 g/mol. The number of alkyl halides is 2. The summed E-state index contributed by atoms with van der Waals surface area (Å²) >= 11 is 0. The lowest BCUT2D eigenvalue weighted by Crippen LogP contribution is -2.46. The lowest BCUT2D eigenvalue weighted by atomic mass is 9.77. The van der Waals surface area contributed by atoms with Gasteiger partial charge in [0.25, 0.3) is 6.43 Å². The largest absolute Gasteiger partial charge is 0.497 e. The molecular weight excluding hydrogens is 212 g/mol. The predicted molar refractivity (Wildman–Crippen MR) is 57.8 cm³/mol. The van der Waals surface area contributed by atoms with Crippen LogP contribution in [-0.4, -0.2) is 13.5 Å². The number of hydrogen-bond donors (Lipinski definition) is 1. The fraction of sp³-hybridized carbons (Fsp3) is 0.500. The molecule has 1 aromatic carbocycles. The highest BCUT2D eigenvalue weighted by molar-refractivity contribution is 5.42. The fourth-order valence-electron chi connectivity index (χ4n) is 2.27. The lowest BCUT2D eigenvalue weighted by molar-refractivity contribution is 0.0413. The van der Waals surface area contributed by atoms with Crippen molar-refractivity contribution in [2.45, 2.75) is 31.2 Å². The minimum Gasteiger partial charge on any atom is -0.497 e. The van der Waals surface area contributed by atoms with E-state index in [2.05, 4.69) is 0 Å². The molecule has 2 nitrogen and oxygen atoms in total. The molecule has 0 saturated heterocycles. The van der Waals surface area contributed by atoms with Crippen molar-refractivity contribution >= 4 is 0 Å². The second-order valence-corrected chi connectivity index (χ2v) is 4.22. The summed E-state index contributed by atoms with van der Waals surface area (Å²) < 4.78 is 31.2. The number of ether oxygens (including phenoxy) is 1. The Hall–Kier alpha value is -1.16. The zero-order valence-electron chi connectivity index (χ0n) is 9.17. The van der Waals surface area contributed by atoms with Gasteiger partial charge < -0.3 is 10.5 Å². The normalized spacial score (nSPS) is 24.3. The maximum Gasteiger partial charge on any atom is 0.260 e. The van der Waals surface area contributed by atoms with Crippen LogP contribution in [0.2, 0.25) is 0 Å². The van der Waals surface area contributed by atoms with Crippen LogP contribution in [0.25, 0.3) is 0 Å². The highest BCUT2D eigenvalue weighted by Gasteiger charge is 2.41. The van der Waals surface area contributed by atoms with Gasteiger partial charge in [-0.2, -0.15) is 0 Å². The van der Waals surface area contributed by atoms with Gasteiger partial charge in [0.15, 0.2) is 0 Å². The average Bonchev–Trinajstić information content (AvgIpc) is 2.29. The van der Waals surface area contributed by atoms with Gasteiger partial charge in [0.1, 0.15) is 11.3 Å². The monoisotopic (exact) mass is 227 g/mol. The third-order valence-corrected chi connectivity index (χ3v) is 3.24. The highest BCUT2D eigenvalue weighted by atomic mass is 19.3. The topological polar surface area (TPSA) is 35.2 Å². The predicted octanol–water partition coefficient (Wildman–Crippen LogP) is 2.45. The summed E-state index contributed by atoms with van der Waals surface area (Å²) in [7, 11) is 1.52. The molecule has 4 heteroatoms. The molecule has 1 unspecified atom stereocenters. The summed E-state index contributed by atoms with van der Waals surface area (Å²) in [5.41, 5.74) is 5.77. The molecule has 1 aromatic rings. The second kappa shape index (κ2) is 4.01. The second-order valence-electron chi connectivity index (χ2n) is 4.22. The van der Waals surface area contributed by atoms with Crippen molar-refractivity contribution in [2.75, 3.05) is 7.11 Å². The highest BCUT2D eigenvalue weighted by Crippen LogP contribution is 2.39.